The molecule has 0 radical (unpaired) electrons. The minimum absolute atomic E-state index is 0.116. The first-order valence-corrected chi connectivity index (χ1v) is 9.75. The maximum absolute atomic E-state index is 13.3. The number of halogens is 5. The van der Waals surface area contributed by atoms with Crippen LogP contribution in [0.2, 0.25) is 10.0 Å². The van der Waals surface area contributed by atoms with Gasteiger partial charge in [-0.1, -0.05) is 47.5 Å². The third kappa shape index (κ3) is 4.86. The van der Waals surface area contributed by atoms with Crippen molar-refractivity contribution in [1.29, 1.82) is 0 Å². The second-order valence-electron chi connectivity index (χ2n) is 6.66. The summed E-state index contributed by atoms with van der Waals surface area (Å²) in [5.74, 6) is -1.21. The Kier molecular flexibility index (Phi) is 6.85. The standard InChI is InChI=1S/C21H17Cl2F3N2O2/c22-17-6-5-13(11-18(17)23)14(7-10-29)12-28-9-8-27-20(28)19(30)15-3-1-2-4-16(15)21(24,25)26/h1-6,8-9,11,14,29H,7,10,12H2. The number of carbonyl (C=O) groups excluding carboxylic acids is 1. The molecule has 0 saturated carbocycles. The van der Waals surface area contributed by atoms with E-state index in [2.05, 4.69) is 4.98 Å². The highest BCUT2D eigenvalue weighted by molar-refractivity contribution is 6.42. The predicted molar refractivity (Wildman–Crippen MR) is 108 cm³/mol. The Morgan fingerprint density at radius 3 is 2.53 bits per heavy atom. The van der Waals surface area contributed by atoms with Gasteiger partial charge in [-0.15, -0.1) is 0 Å². The molecule has 1 atom stereocenters. The first-order valence-electron chi connectivity index (χ1n) is 9.00. The van der Waals surface area contributed by atoms with Crippen LogP contribution in [0.4, 0.5) is 13.2 Å². The number of rotatable bonds is 7. The third-order valence-electron chi connectivity index (χ3n) is 4.71. The average Bonchev–Trinajstić information content (AvgIpc) is 3.17. The van der Waals surface area contributed by atoms with Crippen LogP contribution in [0.15, 0.2) is 54.9 Å². The van der Waals surface area contributed by atoms with Crippen molar-refractivity contribution < 1.29 is 23.1 Å². The van der Waals surface area contributed by atoms with Crippen LogP contribution in [-0.2, 0) is 12.7 Å². The summed E-state index contributed by atoms with van der Waals surface area (Å²) in [5.41, 5.74) is -0.701. The largest absolute Gasteiger partial charge is 0.417 e. The van der Waals surface area contributed by atoms with Crippen molar-refractivity contribution in [2.45, 2.75) is 25.1 Å². The van der Waals surface area contributed by atoms with Crippen LogP contribution in [0.25, 0.3) is 0 Å². The first-order chi connectivity index (χ1) is 14.2. The number of alkyl halides is 3. The minimum Gasteiger partial charge on any atom is -0.396 e. The molecule has 0 amide bonds. The monoisotopic (exact) mass is 456 g/mol. The second kappa shape index (κ2) is 9.20. The summed E-state index contributed by atoms with van der Waals surface area (Å²) in [6, 6.07) is 9.66. The molecule has 9 heteroatoms. The number of imidazole rings is 1. The van der Waals surface area contributed by atoms with Gasteiger partial charge < -0.3 is 9.67 Å². The Morgan fingerprint density at radius 2 is 1.87 bits per heavy atom. The molecule has 30 heavy (non-hydrogen) atoms. The second-order valence-corrected chi connectivity index (χ2v) is 7.47. The zero-order chi connectivity index (χ0) is 21.9. The molecule has 0 spiro atoms. The maximum atomic E-state index is 13.3. The van der Waals surface area contributed by atoms with Crippen LogP contribution >= 0.6 is 23.2 Å². The SMILES string of the molecule is O=C(c1ccccc1C(F)(F)F)c1nccn1CC(CCO)c1ccc(Cl)c(Cl)c1. The normalized spacial score (nSPS) is 12.7. The van der Waals surface area contributed by atoms with Gasteiger partial charge in [-0.2, -0.15) is 13.2 Å². The van der Waals surface area contributed by atoms with Crippen molar-refractivity contribution in [3.05, 3.63) is 87.4 Å². The van der Waals surface area contributed by atoms with Gasteiger partial charge in [0.05, 0.1) is 15.6 Å². The lowest BCUT2D eigenvalue weighted by Crippen LogP contribution is -2.19. The van der Waals surface area contributed by atoms with Gasteiger partial charge in [0.25, 0.3) is 0 Å². The fourth-order valence-corrected chi connectivity index (χ4v) is 3.54. The molecule has 2 aromatic carbocycles. The highest BCUT2D eigenvalue weighted by Gasteiger charge is 2.35. The first kappa shape index (κ1) is 22.3. The molecule has 0 fully saturated rings. The van der Waals surface area contributed by atoms with E-state index >= 15 is 0 Å². The van der Waals surface area contributed by atoms with E-state index in [1.165, 1.54) is 29.1 Å². The van der Waals surface area contributed by atoms with Crippen molar-refractivity contribution >= 4 is 29.0 Å². The summed E-state index contributed by atoms with van der Waals surface area (Å²) in [7, 11) is 0. The average molecular weight is 457 g/mol. The van der Waals surface area contributed by atoms with E-state index in [0.29, 0.717) is 16.5 Å². The molecule has 1 aromatic heterocycles. The fourth-order valence-electron chi connectivity index (χ4n) is 3.24. The summed E-state index contributed by atoms with van der Waals surface area (Å²) in [4.78, 5) is 16.9. The molecular formula is C21H17Cl2F3N2O2. The molecule has 0 bridgehead atoms. The van der Waals surface area contributed by atoms with Crippen LogP contribution in [0.5, 0.6) is 0 Å². The lowest BCUT2D eigenvalue weighted by atomic mass is 9.95. The van der Waals surface area contributed by atoms with Gasteiger partial charge in [0.2, 0.25) is 5.78 Å². The van der Waals surface area contributed by atoms with Crippen LogP contribution in [0, 0.1) is 0 Å². The molecule has 1 unspecified atom stereocenters. The molecule has 4 nitrogen and oxygen atoms in total. The maximum Gasteiger partial charge on any atom is 0.417 e. The van der Waals surface area contributed by atoms with Gasteiger partial charge in [0.1, 0.15) is 0 Å². The molecule has 158 valence electrons. The molecule has 3 aromatic rings. The number of aliphatic hydroxyl groups excluding tert-OH is 1. The minimum atomic E-state index is -4.66. The molecule has 1 N–H and O–H groups in total. The fraction of sp³-hybridized carbons (Fsp3) is 0.238. The van der Waals surface area contributed by atoms with Gasteiger partial charge in [-0.05, 0) is 30.2 Å². The highest BCUT2D eigenvalue weighted by atomic mass is 35.5. The number of aliphatic hydroxyl groups is 1. The Balaban J connectivity index is 1.94. The highest BCUT2D eigenvalue weighted by Crippen LogP contribution is 2.33. The van der Waals surface area contributed by atoms with E-state index in [1.54, 1.807) is 18.2 Å². The van der Waals surface area contributed by atoms with E-state index in [1.807, 2.05) is 0 Å². The Hall–Kier alpha value is -2.35. The summed E-state index contributed by atoms with van der Waals surface area (Å²) in [6.07, 6.45) is -1.44. The molecular weight excluding hydrogens is 440 g/mol. The topological polar surface area (TPSA) is 55.1 Å². The Labute approximate surface area is 180 Å². The van der Waals surface area contributed by atoms with Gasteiger partial charge in [0.15, 0.2) is 5.82 Å². The van der Waals surface area contributed by atoms with Crippen LogP contribution in [0.1, 0.15) is 39.6 Å². The molecule has 3 rings (SSSR count). The van der Waals surface area contributed by atoms with Gasteiger partial charge >= 0.3 is 6.18 Å². The number of ketones is 1. The molecule has 0 aliphatic rings. The molecule has 0 saturated heterocycles. The van der Waals surface area contributed by atoms with Crippen LogP contribution in [-0.4, -0.2) is 27.0 Å². The van der Waals surface area contributed by atoms with Crippen molar-refractivity contribution in [2.24, 2.45) is 0 Å². The summed E-state index contributed by atoms with van der Waals surface area (Å²) < 4.78 is 41.5. The lowest BCUT2D eigenvalue weighted by Gasteiger charge is -2.19. The molecule has 0 aliphatic carbocycles. The zero-order valence-electron chi connectivity index (χ0n) is 15.5. The van der Waals surface area contributed by atoms with Crippen molar-refractivity contribution in [3.8, 4) is 0 Å². The van der Waals surface area contributed by atoms with Gasteiger partial charge in [-0.3, -0.25) is 4.79 Å². The zero-order valence-corrected chi connectivity index (χ0v) is 17.0. The smallest absolute Gasteiger partial charge is 0.396 e. The van der Waals surface area contributed by atoms with E-state index in [4.69, 9.17) is 23.2 Å². The summed E-state index contributed by atoms with van der Waals surface area (Å²) in [6.45, 7) is 0.0908. The molecule has 0 aliphatic heterocycles. The third-order valence-corrected chi connectivity index (χ3v) is 5.44. The van der Waals surface area contributed by atoms with Gasteiger partial charge in [0, 0.05) is 37.0 Å². The van der Waals surface area contributed by atoms with E-state index in [0.717, 1.165) is 17.7 Å². The van der Waals surface area contributed by atoms with Crippen LogP contribution in [0.3, 0.4) is 0 Å². The number of hydrogen-bond donors (Lipinski definition) is 1. The number of benzene rings is 2. The quantitative estimate of drug-likeness (QED) is 0.470. The van der Waals surface area contributed by atoms with Crippen molar-refractivity contribution in [3.63, 3.8) is 0 Å². The van der Waals surface area contributed by atoms with Crippen molar-refractivity contribution in [2.75, 3.05) is 6.61 Å². The summed E-state index contributed by atoms with van der Waals surface area (Å²) in [5, 5.41) is 10.2. The number of hydrogen-bond acceptors (Lipinski definition) is 3. The Morgan fingerprint density at radius 1 is 1.13 bits per heavy atom. The van der Waals surface area contributed by atoms with Gasteiger partial charge in [-0.25, -0.2) is 4.98 Å². The summed E-state index contributed by atoms with van der Waals surface area (Å²) >= 11 is 12.0. The van der Waals surface area contributed by atoms with E-state index in [9.17, 15) is 23.1 Å². The number of aromatic nitrogens is 2. The number of carbonyl (C=O) groups is 1. The van der Waals surface area contributed by atoms with E-state index in [-0.39, 0.29) is 24.9 Å². The molecule has 1 heterocycles. The predicted octanol–water partition coefficient (Wildman–Crippen LogP) is 5.61. The lowest BCUT2D eigenvalue weighted by molar-refractivity contribution is -0.137. The van der Waals surface area contributed by atoms with Crippen LogP contribution < -0.4 is 0 Å². The Bertz CT molecular complexity index is 1050. The van der Waals surface area contributed by atoms with Crippen molar-refractivity contribution in [1.82, 2.24) is 9.55 Å². The van der Waals surface area contributed by atoms with E-state index < -0.39 is 23.1 Å². The number of nitrogens with zero attached hydrogens (tertiary/aromatic N) is 2.